The summed E-state index contributed by atoms with van der Waals surface area (Å²) in [5.74, 6) is -0.169. The molecule has 1 atom stereocenters. The van der Waals surface area contributed by atoms with E-state index in [0.717, 1.165) is 5.56 Å². The van der Waals surface area contributed by atoms with Gasteiger partial charge in [-0.3, -0.25) is 4.79 Å². The molecule has 1 rings (SSSR count). The second-order valence-corrected chi connectivity index (χ2v) is 3.66. The molecule has 4 heteroatoms. The average molecular weight is 222 g/mol. The molecule has 0 heterocycles. The SMILES string of the molecule is N[C@@H](Cc1ccccc1)C(=O)NCCCO. The van der Waals surface area contributed by atoms with E-state index in [-0.39, 0.29) is 12.5 Å². The molecule has 4 nitrogen and oxygen atoms in total. The Morgan fingerprint density at radius 2 is 2.06 bits per heavy atom. The van der Waals surface area contributed by atoms with Crippen LogP contribution in [0.5, 0.6) is 0 Å². The van der Waals surface area contributed by atoms with Crippen molar-refractivity contribution >= 4 is 5.91 Å². The topological polar surface area (TPSA) is 75.4 Å². The van der Waals surface area contributed by atoms with E-state index < -0.39 is 6.04 Å². The number of hydrogen-bond donors (Lipinski definition) is 3. The van der Waals surface area contributed by atoms with E-state index in [1.807, 2.05) is 30.3 Å². The summed E-state index contributed by atoms with van der Waals surface area (Å²) >= 11 is 0. The van der Waals surface area contributed by atoms with Gasteiger partial charge < -0.3 is 16.2 Å². The minimum absolute atomic E-state index is 0.0776. The summed E-state index contributed by atoms with van der Waals surface area (Å²) in [6, 6.07) is 9.14. The van der Waals surface area contributed by atoms with Crippen molar-refractivity contribution in [2.45, 2.75) is 18.9 Å². The monoisotopic (exact) mass is 222 g/mol. The van der Waals surface area contributed by atoms with Crippen LogP contribution < -0.4 is 11.1 Å². The highest BCUT2D eigenvalue weighted by Gasteiger charge is 2.12. The molecule has 0 radical (unpaired) electrons. The van der Waals surface area contributed by atoms with Gasteiger partial charge in [0, 0.05) is 13.2 Å². The largest absolute Gasteiger partial charge is 0.396 e. The Morgan fingerprint density at radius 1 is 1.38 bits per heavy atom. The normalized spacial score (nSPS) is 12.1. The standard InChI is InChI=1S/C12H18N2O2/c13-11(12(16)14-7-4-8-15)9-10-5-2-1-3-6-10/h1-3,5-6,11,15H,4,7-9,13H2,(H,14,16)/t11-/m0/s1. The van der Waals surface area contributed by atoms with E-state index in [1.165, 1.54) is 0 Å². The number of benzene rings is 1. The van der Waals surface area contributed by atoms with Gasteiger partial charge in [-0.05, 0) is 18.4 Å². The van der Waals surface area contributed by atoms with Crippen LogP contribution in [0.15, 0.2) is 30.3 Å². The third kappa shape index (κ3) is 4.42. The molecule has 0 saturated carbocycles. The first-order valence-corrected chi connectivity index (χ1v) is 5.42. The van der Waals surface area contributed by atoms with Gasteiger partial charge >= 0.3 is 0 Å². The molecule has 1 amide bonds. The van der Waals surface area contributed by atoms with E-state index in [4.69, 9.17) is 10.8 Å². The van der Waals surface area contributed by atoms with Crippen LogP contribution in [0.1, 0.15) is 12.0 Å². The van der Waals surface area contributed by atoms with E-state index in [2.05, 4.69) is 5.32 Å². The van der Waals surface area contributed by atoms with Gasteiger partial charge in [-0.2, -0.15) is 0 Å². The Kier molecular flexibility index (Phi) is 5.53. The van der Waals surface area contributed by atoms with E-state index in [0.29, 0.717) is 19.4 Å². The lowest BCUT2D eigenvalue weighted by Gasteiger charge is -2.11. The molecule has 0 aliphatic rings. The number of aliphatic hydroxyl groups is 1. The minimum Gasteiger partial charge on any atom is -0.396 e. The molecule has 0 aromatic heterocycles. The predicted molar refractivity (Wildman–Crippen MR) is 62.8 cm³/mol. The number of aliphatic hydroxyl groups excluding tert-OH is 1. The number of amides is 1. The fraction of sp³-hybridized carbons (Fsp3) is 0.417. The molecule has 16 heavy (non-hydrogen) atoms. The van der Waals surface area contributed by atoms with Crippen LogP contribution in [0, 0.1) is 0 Å². The zero-order chi connectivity index (χ0) is 11.8. The van der Waals surface area contributed by atoms with Crippen molar-refractivity contribution in [2.75, 3.05) is 13.2 Å². The smallest absolute Gasteiger partial charge is 0.237 e. The second kappa shape index (κ2) is 6.98. The maximum absolute atomic E-state index is 11.5. The molecule has 0 aliphatic carbocycles. The maximum Gasteiger partial charge on any atom is 0.237 e. The third-order valence-electron chi connectivity index (χ3n) is 2.27. The van der Waals surface area contributed by atoms with Crippen molar-refractivity contribution < 1.29 is 9.90 Å². The summed E-state index contributed by atoms with van der Waals surface area (Å²) in [4.78, 5) is 11.5. The number of rotatable bonds is 6. The van der Waals surface area contributed by atoms with Crippen LogP contribution in [0.3, 0.4) is 0 Å². The van der Waals surface area contributed by atoms with Crippen LogP contribution in [0.4, 0.5) is 0 Å². The number of hydrogen-bond acceptors (Lipinski definition) is 3. The quantitative estimate of drug-likeness (QED) is 0.596. The third-order valence-corrected chi connectivity index (χ3v) is 2.27. The Labute approximate surface area is 95.5 Å². The van der Waals surface area contributed by atoms with Gasteiger partial charge in [0.1, 0.15) is 0 Å². The number of carbonyl (C=O) groups is 1. The van der Waals surface area contributed by atoms with Crippen LogP contribution in [-0.2, 0) is 11.2 Å². The molecule has 0 bridgehead atoms. The van der Waals surface area contributed by atoms with E-state index in [1.54, 1.807) is 0 Å². The molecule has 0 saturated heterocycles. The van der Waals surface area contributed by atoms with Crippen molar-refractivity contribution in [3.05, 3.63) is 35.9 Å². The predicted octanol–water partition coefficient (Wildman–Crippen LogP) is 0.0550. The molecule has 1 aromatic rings. The summed E-state index contributed by atoms with van der Waals surface area (Å²) in [6.45, 7) is 0.548. The van der Waals surface area contributed by atoms with E-state index in [9.17, 15) is 4.79 Å². The maximum atomic E-state index is 11.5. The molecular formula is C12H18N2O2. The molecule has 0 spiro atoms. The lowest BCUT2D eigenvalue weighted by molar-refractivity contribution is -0.122. The van der Waals surface area contributed by atoms with Gasteiger partial charge in [0.05, 0.1) is 6.04 Å². The molecule has 0 unspecified atom stereocenters. The molecule has 0 fully saturated rings. The molecule has 0 aliphatic heterocycles. The van der Waals surface area contributed by atoms with Crippen molar-refractivity contribution in [2.24, 2.45) is 5.73 Å². The Bertz CT molecular complexity index is 314. The lowest BCUT2D eigenvalue weighted by Crippen LogP contribution is -2.42. The van der Waals surface area contributed by atoms with Gasteiger partial charge in [0.15, 0.2) is 0 Å². The van der Waals surface area contributed by atoms with Crippen molar-refractivity contribution in [1.29, 1.82) is 0 Å². The first-order valence-electron chi connectivity index (χ1n) is 5.42. The minimum atomic E-state index is -0.527. The molecule has 1 aromatic carbocycles. The second-order valence-electron chi connectivity index (χ2n) is 3.66. The summed E-state index contributed by atoms with van der Waals surface area (Å²) < 4.78 is 0. The van der Waals surface area contributed by atoms with Crippen LogP contribution >= 0.6 is 0 Å². The van der Waals surface area contributed by atoms with Crippen molar-refractivity contribution in [1.82, 2.24) is 5.32 Å². The van der Waals surface area contributed by atoms with Gasteiger partial charge in [-0.1, -0.05) is 30.3 Å². The Balaban J connectivity index is 2.34. The first kappa shape index (κ1) is 12.7. The molecule has 88 valence electrons. The van der Waals surface area contributed by atoms with Gasteiger partial charge in [0.2, 0.25) is 5.91 Å². The summed E-state index contributed by atoms with van der Waals surface area (Å²) in [6.07, 6.45) is 1.09. The van der Waals surface area contributed by atoms with Crippen molar-refractivity contribution in [3.63, 3.8) is 0 Å². The highest BCUT2D eigenvalue weighted by atomic mass is 16.3. The highest BCUT2D eigenvalue weighted by molar-refractivity contribution is 5.81. The molecule has 4 N–H and O–H groups in total. The Hall–Kier alpha value is -1.39. The van der Waals surface area contributed by atoms with Gasteiger partial charge in [-0.25, -0.2) is 0 Å². The summed E-state index contributed by atoms with van der Waals surface area (Å²) in [7, 11) is 0. The highest BCUT2D eigenvalue weighted by Crippen LogP contribution is 2.01. The zero-order valence-corrected chi connectivity index (χ0v) is 9.23. The van der Waals surface area contributed by atoms with E-state index >= 15 is 0 Å². The average Bonchev–Trinajstić information content (AvgIpc) is 2.30. The fourth-order valence-electron chi connectivity index (χ4n) is 1.38. The van der Waals surface area contributed by atoms with Crippen molar-refractivity contribution in [3.8, 4) is 0 Å². The van der Waals surface area contributed by atoms with Crippen LogP contribution in [-0.4, -0.2) is 30.2 Å². The lowest BCUT2D eigenvalue weighted by atomic mass is 10.1. The number of nitrogens with two attached hydrogens (primary N) is 1. The summed E-state index contributed by atoms with van der Waals surface area (Å²) in [5, 5.41) is 11.3. The van der Waals surface area contributed by atoms with Gasteiger partial charge in [-0.15, -0.1) is 0 Å². The van der Waals surface area contributed by atoms with Crippen LogP contribution in [0.25, 0.3) is 0 Å². The zero-order valence-electron chi connectivity index (χ0n) is 9.23. The Morgan fingerprint density at radius 3 is 2.69 bits per heavy atom. The van der Waals surface area contributed by atoms with Crippen LogP contribution in [0.2, 0.25) is 0 Å². The molecular weight excluding hydrogens is 204 g/mol. The fourth-order valence-corrected chi connectivity index (χ4v) is 1.38. The summed E-state index contributed by atoms with van der Waals surface area (Å²) in [5.41, 5.74) is 6.81. The first-order chi connectivity index (χ1) is 7.74. The number of carbonyl (C=O) groups excluding carboxylic acids is 1. The number of nitrogens with one attached hydrogen (secondary N) is 1. The van der Waals surface area contributed by atoms with Gasteiger partial charge in [0.25, 0.3) is 0 Å².